The van der Waals surface area contributed by atoms with Crippen molar-refractivity contribution in [2.75, 3.05) is 31.1 Å². The summed E-state index contributed by atoms with van der Waals surface area (Å²) in [6.45, 7) is 5.27. The number of nitrogens with zero attached hydrogens (tertiary/aromatic N) is 2. The number of likely N-dealkylation sites (tertiary alicyclic amines) is 1. The maximum absolute atomic E-state index is 12.2. The molecular weight excluding hydrogens is 318 g/mol. The minimum Gasteiger partial charge on any atom is -0.393 e. The van der Waals surface area contributed by atoms with Gasteiger partial charge in [0.15, 0.2) is 0 Å². The smallest absolute Gasteiger partial charge is 0.311 e. The van der Waals surface area contributed by atoms with E-state index in [2.05, 4.69) is 22.3 Å². The lowest BCUT2D eigenvalue weighted by molar-refractivity contribution is -0.145. The maximum atomic E-state index is 12.2. The van der Waals surface area contributed by atoms with E-state index in [1.807, 2.05) is 12.1 Å². The molecule has 0 aromatic heterocycles. The molecule has 2 amide bonds. The minimum atomic E-state index is -0.574. The number of hydrogen-bond donors (Lipinski definition) is 2. The standard InChI is InChI=1S/C19H27N3O3/c1-14(23)16-8-11-22(13-16)19(25)18(24)20-12-15-4-6-17(7-5-15)21-9-2-3-10-21/h4-7,14,16,23H,2-3,8-13H2,1H3,(H,20,24). The Bertz CT molecular complexity index is 609. The summed E-state index contributed by atoms with van der Waals surface area (Å²) in [6.07, 6.45) is 2.78. The van der Waals surface area contributed by atoms with Crippen LogP contribution in [0, 0.1) is 5.92 Å². The normalized spacial score (nSPS) is 21.4. The molecule has 1 aromatic rings. The molecule has 0 radical (unpaired) electrons. The van der Waals surface area contributed by atoms with E-state index in [-0.39, 0.29) is 5.92 Å². The number of carbonyl (C=O) groups is 2. The number of nitrogens with one attached hydrogen (secondary N) is 1. The molecule has 3 rings (SSSR count). The molecule has 2 aliphatic heterocycles. The highest BCUT2D eigenvalue weighted by Crippen LogP contribution is 2.21. The Balaban J connectivity index is 1.47. The van der Waals surface area contributed by atoms with E-state index in [0.717, 1.165) is 25.1 Å². The van der Waals surface area contributed by atoms with Crippen LogP contribution in [0.3, 0.4) is 0 Å². The summed E-state index contributed by atoms with van der Waals surface area (Å²) >= 11 is 0. The molecule has 6 heteroatoms. The van der Waals surface area contributed by atoms with Crippen LogP contribution in [0.5, 0.6) is 0 Å². The predicted octanol–water partition coefficient (Wildman–Crippen LogP) is 1.13. The van der Waals surface area contributed by atoms with Crippen LogP contribution in [0.1, 0.15) is 31.7 Å². The first-order valence-electron chi connectivity index (χ1n) is 9.13. The monoisotopic (exact) mass is 345 g/mol. The van der Waals surface area contributed by atoms with E-state index in [1.54, 1.807) is 6.92 Å². The molecule has 0 saturated carbocycles. The van der Waals surface area contributed by atoms with E-state index < -0.39 is 17.9 Å². The Morgan fingerprint density at radius 1 is 1.20 bits per heavy atom. The Morgan fingerprint density at radius 2 is 1.88 bits per heavy atom. The van der Waals surface area contributed by atoms with E-state index >= 15 is 0 Å². The van der Waals surface area contributed by atoms with Crippen LogP contribution in [-0.4, -0.2) is 54.1 Å². The first kappa shape index (κ1) is 17.7. The van der Waals surface area contributed by atoms with Gasteiger partial charge in [-0.15, -0.1) is 0 Å². The molecule has 0 spiro atoms. The van der Waals surface area contributed by atoms with Gasteiger partial charge in [-0.25, -0.2) is 0 Å². The van der Waals surface area contributed by atoms with Crippen molar-refractivity contribution in [1.82, 2.24) is 10.2 Å². The van der Waals surface area contributed by atoms with E-state index in [4.69, 9.17) is 0 Å². The van der Waals surface area contributed by atoms with Crippen molar-refractivity contribution in [1.29, 1.82) is 0 Å². The third kappa shape index (κ3) is 4.31. The quantitative estimate of drug-likeness (QED) is 0.803. The fourth-order valence-electron chi connectivity index (χ4n) is 3.57. The van der Waals surface area contributed by atoms with Gasteiger partial charge in [0.25, 0.3) is 0 Å². The average molecular weight is 345 g/mol. The number of aliphatic hydroxyl groups is 1. The van der Waals surface area contributed by atoms with Crippen LogP contribution in [0.2, 0.25) is 0 Å². The first-order chi connectivity index (χ1) is 12.0. The molecule has 0 aliphatic carbocycles. The zero-order valence-corrected chi connectivity index (χ0v) is 14.8. The second-order valence-corrected chi connectivity index (χ2v) is 7.08. The van der Waals surface area contributed by atoms with Crippen molar-refractivity contribution in [3.8, 4) is 0 Å². The Kier molecular flexibility index (Phi) is 5.58. The fraction of sp³-hybridized carbons (Fsp3) is 0.579. The number of anilines is 1. The van der Waals surface area contributed by atoms with Gasteiger partial charge in [0.05, 0.1) is 6.10 Å². The Hall–Kier alpha value is -2.08. The van der Waals surface area contributed by atoms with Crippen LogP contribution in [0.15, 0.2) is 24.3 Å². The average Bonchev–Trinajstić information content (AvgIpc) is 3.31. The van der Waals surface area contributed by atoms with Gasteiger partial charge in [0, 0.05) is 44.3 Å². The van der Waals surface area contributed by atoms with Gasteiger partial charge in [-0.05, 0) is 43.9 Å². The van der Waals surface area contributed by atoms with Crippen molar-refractivity contribution in [3.05, 3.63) is 29.8 Å². The molecule has 1 aromatic carbocycles. The van der Waals surface area contributed by atoms with Crippen LogP contribution >= 0.6 is 0 Å². The number of benzene rings is 1. The van der Waals surface area contributed by atoms with Gasteiger partial charge >= 0.3 is 11.8 Å². The van der Waals surface area contributed by atoms with Crippen LogP contribution < -0.4 is 10.2 Å². The van der Waals surface area contributed by atoms with E-state index in [0.29, 0.717) is 19.6 Å². The molecule has 2 saturated heterocycles. The number of carbonyl (C=O) groups excluding carboxylic acids is 2. The highest BCUT2D eigenvalue weighted by molar-refractivity contribution is 6.35. The molecule has 2 aliphatic rings. The molecule has 25 heavy (non-hydrogen) atoms. The van der Waals surface area contributed by atoms with E-state index in [9.17, 15) is 14.7 Å². The molecule has 0 bridgehead atoms. The van der Waals surface area contributed by atoms with Crippen LogP contribution in [0.25, 0.3) is 0 Å². The van der Waals surface area contributed by atoms with Crippen LogP contribution in [0.4, 0.5) is 5.69 Å². The summed E-state index contributed by atoms with van der Waals surface area (Å²) in [5.74, 6) is -1.01. The van der Waals surface area contributed by atoms with Crippen molar-refractivity contribution >= 4 is 17.5 Å². The summed E-state index contributed by atoms with van der Waals surface area (Å²) in [6, 6.07) is 8.14. The summed E-state index contributed by atoms with van der Waals surface area (Å²) in [4.78, 5) is 28.2. The zero-order chi connectivity index (χ0) is 17.8. The second kappa shape index (κ2) is 7.87. The van der Waals surface area contributed by atoms with Gasteiger partial charge in [-0.3, -0.25) is 9.59 Å². The lowest BCUT2D eigenvalue weighted by Gasteiger charge is -2.18. The van der Waals surface area contributed by atoms with Gasteiger partial charge in [-0.2, -0.15) is 0 Å². The first-order valence-corrected chi connectivity index (χ1v) is 9.13. The predicted molar refractivity (Wildman–Crippen MR) is 96.1 cm³/mol. The highest BCUT2D eigenvalue weighted by atomic mass is 16.3. The van der Waals surface area contributed by atoms with E-state index in [1.165, 1.54) is 23.4 Å². The summed E-state index contributed by atoms with van der Waals surface area (Å²) in [7, 11) is 0. The highest BCUT2D eigenvalue weighted by Gasteiger charge is 2.31. The number of hydrogen-bond acceptors (Lipinski definition) is 4. The van der Waals surface area contributed by atoms with Gasteiger partial charge in [0.1, 0.15) is 0 Å². The van der Waals surface area contributed by atoms with Gasteiger partial charge < -0.3 is 20.2 Å². The molecule has 2 heterocycles. The third-order valence-corrected chi connectivity index (χ3v) is 5.25. The van der Waals surface area contributed by atoms with Gasteiger partial charge in [-0.1, -0.05) is 12.1 Å². The lowest BCUT2D eigenvalue weighted by atomic mass is 10.0. The molecule has 6 nitrogen and oxygen atoms in total. The topological polar surface area (TPSA) is 72.9 Å². The van der Waals surface area contributed by atoms with Gasteiger partial charge in [0.2, 0.25) is 0 Å². The SMILES string of the molecule is CC(O)C1CCN(C(=O)C(=O)NCc2ccc(N3CCCC3)cc2)C1. The molecule has 136 valence electrons. The van der Waals surface area contributed by atoms with Crippen molar-refractivity contribution in [3.63, 3.8) is 0 Å². The Labute approximate surface area is 148 Å². The zero-order valence-electron chi connectivity index (χ0n) is 14.8. The number of rotatable bonds is 4. The summed E-state index contributed by atoms with van der Waals surface area (Å²) in [5, 5.41) is 12.3. The molecule has 2 unspecified atom stereocenters. The summed E-state index contributed by atoms with van der Waals surface area (Å²) < 4.78 is 0. The van der Waals surface area contributed by atoms with Crippen LogP contribution in [-0.2, 0) is 16.1 Å². The molecule has 2 N–H and O–H groups in total. The largest absolute Gasteiger partial charge is 0.393 e. The second-order valence-electron chi connectivity index (χ2n) is 7.08. The van der Waals surface area contributed by atoms with Crippen molar-refractivity contribution < 1.29 is 14.7 Å². The third-order valence-electron chi connectivity index (χ3n) is 5.25. The van der Waals surface area contributed by atoms with Crippen molar-refractivity contribution in [2.45, 2.75) is 38.8 Å². The molecular formula is C19H27N3O3. The Morgan fingerprint density at radius 3 is 2.48 bits per heavy atom. The molecule has 2 fully saturated rings. The molecule has 2 atom stereocenters. The fourth-order valence-corrected chi connectivity index (χ4v) is 3.57. The number of aliphatic hydroxyl groups excluding tert-OH is 1. The number of amides is 2. The lowest BCUT2D eigenvalue weighted by Crippen LogP contribution is -2.42. The van der Waals surface area contributed by atoms with Crippen molar-refractivity contribution in [2.24, 2.45) is 5.92 Å². The summed E-state index contributed by atoms with van der Waals surface area (Å²) in [5.41, 5.74) is 2.19. The maximum Gasteiger partial charge on any atom is 0.311 e. The minimum absolute atomic E-state index is 0.0647.